The van der Waals surface area contributed by atoms with Crippen LogP contribution in [0.4, 0.5) is 0 Å². The van der Waals surface area contributed by atoms with E-state index in [0.29, 0.717) is 0 Å². The van der Waals surface area contributed by atoms with Gasteiger partial charge in [0.15, 0.2) is 0 Å². The second-order valence-corrected chi connectivity index (χ2v) is 17.8. The van der Waals surface area contributed by atoms with E-state index in [1.165, 1.54) is 55.7 Å². The summed E-state index contributed by atoms with van der Waals surface area (Å²) < 4.78 is 0. The number of hydrogen-bond acceptors (Lipinski definition) is 2. The van der Waals surface area contributed by atoms with E-state index >= 15 is 0 Å². The number of pyridine rings is 2. The van der Waals surface area contributed by atoms with Crippen molar-refractivity contribution in [2.24, 2.45) is 0 Å². The second kappa shape index (κ2) is 12.7. The van der Waals surface area contributed by atoms with Crippen LogP contribution in [0.1, 0.15) is 40.2 Å². The van der Waals surface area contributed by atoms with Crippen LogP contribution in [0.25, 0.3) is 54.8 Å². The summed E-state index contributed by atoms with van der Waals surface area (Å²) in [6.07, 6.45) is 3.79. The van der Waals surface area contributed by atoms with Crippen molar-refractivity contribution in [3.8, 4) is 22.4 Å². The van der Waals surface area contributed by atoms with Gasteiger partial charge in [0.2, 0.25) is 0 Å². The van der Waals surface area contributed by atoms with Crippen molar-refractivity contribution >= 4 is 50.9 Å². The minimum Gasteiger partial charge on any atom is -0.305 e. The first-order valence-electron chi connectivity index (χ1n) is 16.0. The van der Waals surface area contributed by atoms with E-state index in [-0.39, 0.29) is 25.5 Å². The minimum absolute atomic E-state index is 0. The largest absolute Gasteiger partial charge is 0.305 e. The Labute approximate surface area is 287 Å². The van der Waals surface area contributed by atoms with E-state index in [4.69, 9.17) is 4.98 Å². The molecule has 5 aromatic carbocycles. The zero-order valence-corrected chi connectivity index (χ0v) is 30.5. The van der Waals surface area contributed by atoms with Crippen LogP contribution >= 0.6 is 0 Å². The van der Waals surface area contributed by atoms with Gasteiger partial charge in [0.25, 0.3) is 0 Å². The van der Waals surface area contributed by atoms with Crippen LogP contribution in [-0.2, 0) is 25.5 Å². The maximum Gasteiger partial charge on any atom is 0.0988 e. The zero-order valence-electron chi connectivity index (χ0n) is 27.1. The van der Waals surface area contributed by atoms with E-state index in [1.54, 1.807) is 10.4 Å². The third kappa shape index (κ3) is 5.33. The van der Waals surface area contributed by atoms with Crippen LogP contribution in [0.2, 0.25) is 12.1 Å². The van der Waals surface area contributed by atoms with Crippen molar-refractivity contribution in [2.45, 2.75) is 52.1 Å². The molecule has 0 saturated carbocycles. The predicted molar refractivity (Wildman–Crippen MR) is 194 cm³/mol. The molecule has 0 atom stereocenters. The number of benzene rings is 5. The molecule has 1 aliphatic rings. The second-order valence-electron chi connectivity index (χ2n) is 13.1. The molecule has 46 heavy (non-hydrogen) atoms. The summed E-state index contributed by atoms with van der Waals surface area (Å²) in [4.78, 5) is 9.23. The van der Waals surface area contributed by atoms with Gasteiger partial charge in [0.1, 0.15) is 0 Å². The van der Waals surface area contributed by atoms with Gasteiger partial charge in [-0.3, -0.25) is 0 Å². The first-order chi connectivity index (χ1) is 21.9. The van der Waals surface area contributed by atoms with Crippen molar-refractivity contribution in [1.82, 2.24) is 9.97 Å². The number of nitrogens with zero attached hydrogens (tertiary/aromatic N) is 2. The zero-order chi connectivity index (χ0) is 31.2. The fourth-order valence-corrected chi connectivity index (χ4v) is 11.8. The summed E-state index contributed by atoms with van der Waals surface area (Å²) >= 11 is 0. The Bertz CT molecular complexity index is 2100. The molecule has 3 heterocycles. The fourth-order valence-electron chi connectivity index (χ4n) is 7.24. The molecule has 0 bridgehead atoms. The molecule has 4 heteroatoms. The van der Waals surface area contributed by atoms with Crippen LogP contribution in [0.3, 0.4) is 0 Å². The molecule has 7 aromatic rings. The molecular weight excluding hydrogens is 753 g/mol. The maximum atomic E-state index is 4.71. The fraction of sp³-hybridized carbons (Fsp3) is 0.190. The smallest absolute Gasteiger partial charge is 0.0988 e. The van der Waals surface area contributed by atoms with Gasteiger partial charge in [0.05, 0.1) is 8.07 Å². The monoisotopic (exact) mass is 791 g/mol. The molecule has 0 aliphatic carbocycles. The first-order valence-corrected chi connectivity index (χ1v) is 18.5. The molecule has 231 valence electrons. The normalized spacial score (nSPS) is 13.1. The number of hydrogen-bond donors (Lipinski definition) is 0. The Balaban J connectivity index is 0.000000158. The van der Waals surface area contributed by atoms with Gasteiger partial charge < -0.3 is 9.97 Å². The number of aromatic nitrogens is 2. The Kier molecular flexibility index (Phi) is 8.82. The summed E-state index contributed by atoms with van der Waals surface area (Å²) in [6, 6.07) is 45.9. The summed E-state index contributed by atoms with van der Waals surface area (Å²) in [5.74, 6) is 0. The summed E-state index contributed by atoms with van der Waals surface area (Å²) in [7, 11) is -1.63. The van der Waals surface area contributed by atoms with Crippen molar-refractivity contribution in [3.63, 3.8) is 0 Å². The number of rotatable bonds is 4. The molecule has 1 radical (unpaired) electrons. The molecule has 0 fully saturated rings. The van der Waals surface area contributed by atoms with Crippen LogP contribution in [-0.4, -0.2) is 18.0 Å². The molecule has 8 rings (SSSR count). The maximum absolute atomic E-state index is 4.71. The Morgan fingerprint density at radius 3 is 2.15 bits per heavy atom. The topological polar surface area (TPSA) is 25.8 Å². The average molecular weight is 791 g/mol. The van der Waals surface area contributed by atoms with Crippen LogP contribution in [0.15, 0.2) is 116 Å². The van der Waals surface area contributed by atoms with E-state index in [1.807, 2.05) is 30.6 Å². The van der Waals surface area contributed by atoms with E-state index < -0.39 is 8.07 Å². The summed E-state index contributed by atoms with van der Waals surface area (Å²) in [6.45, 7) is 11.4. The van der Waals surface area contributed by atoms with Gasteiger partial charge in [-0.2, -0.15) is 0 Å². The quantitative estimate of drug-likeness (QED) is 0.101. The molecule has 2 aromatic heterocycles. The van der Waals surface area contributed by atoms with E-state index in [0.717, 1.165) is 16.8 Å². The van der Waals surface area contributed by atoms with Crippen molar-refractivity contribution in [1.29, 1.82) is 0 Å². The van der Waals surface area contributed by atoms with Gasteiger partial charge in [-0.25, -0.2) is 0 Å². The first kappa shape index (κ1) is 32.0. The van der Waals surface area contributed by atoms with Crippen LogP contribution in [0.5, 0.6) is 0 Å². The summed E-state index contributed by atoms with van der Waals surface area (Å²) in [5.41, 5.74) is 6.93. The summed E-state index contributed by atoms with van der Waals surface area (Å²) in [5, 5.41) is 10.0. The van der Waals surface area contributed by atoms with Gasteiger partial charge in [-0.15, -0.1) is 64.2 Å². The molecule has 2 nitrogen and oxygen atoms in total. The SMILES string of the molecule is CC(C)(C)c1ccnc(-c2[c-]ccc(-c3ccccc3)c2)c1.CC[Si]1(CC)c2cc[c-]c3c4ncccc4c4cccc1c4c23.[Ir]. The van der Waals surface area contributed by atoms with Crippen molar-refractivity contribution in [3.05, 3.63) is 133 Å². The van der Waals surface area contributed by atoms with Gasteiger partial charge >= 0.3 is 0 Å². The minimum atomic E-state index is -1.63. The molecule has 0 unspecified atom stereocenters. The van der Waals surface area contributed by atoms with Crippen molar-refractivity contribution in [2.75, 3.05) is 0 Å². The van der Waals surface area contributed by atoms with E-state index in [9.17, 15) is 0 Å². The standard InChI is InChI=1S/C21H18NSi.C21H20N.Ir/c1-3-23(4-2)17-11-5-8-14-15-10-7-13-22-21(15)16-9-6-12-18(23)20(16)19(14)17;1-21(2,3)19-12-13-22-20(15-19)18-11-7-10-17(14-18)16-8-5-4-6-9-16;/h5-8,10-13H,3-4H2,1-2H3;4-10,12-15H,1-3H3;/q2*-1;. The van der Waals surface area contributed by atoms with E-state index in [2.05, 4.69) is 137 Å². The molecule has 0 saturated heterocycles. The van der Waals surface area contributed by atoms with Crippen LogP contribution in [0, 0.1) is 12.1 Å². The number of fused-ring (bicyclic) bond motifs is 3. The third-order valence-corrected chi connectivity index (χ3v) is 15.0. The predicted octanol–water partition coefficient (Wildman–Crippen LogP) is 9.77. The van der Waals surface area contributed by atoms with Crippen LogP contribution < -0.4 is 10.4 Å². The Morgan fingerprint density at radius 2 is 1.39 bits per heavy atom. The molecule has 0 amide bonds. The van der Waals surface area contributed by atoms with Gasteiger partial charge in [0, 0.05) is 32.5 Å². The molecule has 0 N–H and O–H groups in total. The van der Waals surface area contributed by atoms with Gasteiger partial charge in [-0.1, -0.05) is 123 Å². The average Bonchev–Trinajstić information content (AvgIpc) is 3.39. The Hall–Kier alpha value is -3.95. The molecule has 0 spiro atoms. The van der Waals surface area contributed by atoms with Crippen molar-refractivity contribution < 1.29 is 20.1 Å². The van der Waals surface area contributed by atoms with Gasteiger partial charge in [-0.05, 0) is 50.7 Å². The third-order valence-electron chi connectivity index (χ3n) is 9.70. The Morgan fingerprint density at radius 1 is 0.652 bits per heavy atom. The molecular formula is C42H38IrN2Si-2. The molecule has 1 aliphatic heterocycles.